The van der Waals surface area contributed by atoms with Crippen LogP contribution in [0.25, 0.3) is 0 Å². The topological polar surface area (TPSA) is 38.0 Å². The first-order valence-electron chi connectivity index (χ1n) is 8.86. The number of benzene rings is 3. The number of thiocarbonyl (C=S) groups is 1. The Hall–Kier alpha value is -3.00. The Morgan fingerprint density at radius 1 is 0.800 bits per heavy atom. The maximum Gasteiger partial charge on any atom is 0.416 e. The van der Waals surface area contributed by atoms with E-state index in [0.717, 1.165) is 17.7 Å². The van der Waals surface area contributed by atoms with Gasteiger partial charge in [0.05, 0.1) is 11.1 Å². The highest BCUT2D eigenvalue weighted by Crippen LogP contribution is 2.38. The van der Waals surface area contributed by atoms with Gasteiger partial charge in [-0.3, -0.25) is 0 Å². The van der Waals surface area contributed by atoms with Crippen LogP contribution in [0.5, 0.6) is 0 Å². The van der Waals surface area contributed by atoms with Gasteiger partial charge in [-0.15, -0.1) is 0 Å². The zero-order valence-electron chi connectivity index (χ0n) is 15.5. The molecular weight excluding hydrogens is 419 g/mol. The highest BCUT2D eigenvalue weighted by molar-refractivity contribution is 7.80. The zero-order valence-corrected chi connectivity index (χ0v) is 16.3. The first-order chi connectivity index (χ1) is 14.1. The van der Waals surface area contributed by atoms with E-state index in [9.17, 15) is 22.0 Å². The average molecular weight is 436 g/mol. The smallest absolute Gasteiger partial charge is 0.376 e. The molecule has 0 fully saturated rings. The molecule has 156 valence electrons. The van der Waals surface area contributed by atoms with Gasteiger partial charge in [0.25, 0.3) is 0 Å². The quantitative estimate of drug-likeness (QED) is 0.421. The molecule has 1 atom stereocenters. The second-order valence-corrected chi connectivity index (χ2v) is 7.23. The van der Waals surface area contributed by atoms with Gasteiger partial charge in [0.1, 0.15) is 11.6 Å². The Labute approximate surface area is 175 Å². The van der Waals surface area contributed by atoms with E-state index < -0.39 is 28.9 Å². The third kappa shape index (κ3) is 4.76. The van der Waals surface area contributed by atoms with Crippen LogP contribution in [0.1, 0.15) is 22.3 Å². The minimum atomic E-state index is -4.76. The van der Waals surface area contributed by atoms with E-state index in [1.807, 2.05) is 0 Å². The minimum absolute atomic E-state index is 0.0434. The number of halogens is 5. The van der Waals surface area contributed by atoms with Gasteiger partial charge >= 0.3 is 6.18 Å². The van der Waals surface area contributed by atoms with Crippen molar-refractivity contribution < 1.29 is 22.0 Å². The lowest BCUT2D eigenvalue weighted by Gasteiger charge is -2.37. The molecule has 0 aliphatic heterocycles. The van der Waals surface area contributed by atoms with Crippen LogP contribution >= 0.6 is 12.2 Å². The third-order valence-electron chi connectivity index (χ3n) is 4.70. The van der Waals surface area contributed by atoms with Crippen LogP contribution in [0.4, 0.5) is 22.0 Å². The second-order valence-electron chi connectivity index (χ2n) is 6.79. The van der Waals surface area contributed by atoms with Crippen LogP contribution in [-0.2, 0) is 18.1 Å². The van der Waals surface area contributed by atoms with Crippen molar-refractivity contribution in [2.24, 2.45) is 5.73 Å². The molecule has 0 amide bonds. The molecule has 3 rings (SSSR count). The first-order valence-corrected chi connectivity index (χ1v) is 9.27. The Kier molecular flexibility index (Phi) is 6.07. The maximum absolute atomic E-state index is 14.3. The third-order valence-corrected chi connectivity index (χ3v) is 4.81. The summed E-state index contributed by atoms with van der Waals surface area (Å²) in [6, 6.07) is 16.2. The first kappa shape index (κ1) is 21.7. The van der Waals surface area contributed by atoms with E-state index in [4.69, 9.17) is 18.0 Å². The fraction of sp³-hybridized carbons (Fsp3) is 0.136. The summed E-state index contributed by atoms with van der Waals surface area (Å²) >= 11 is 5.00. The molecule has 0 bridgehead atoms. The van der Waals surface area contributed by atoms with E-state index in [1.54, 1.807) is 30.3 Å². The molecule has 0 saturated heterocycles. The Morgan fingerprint density at radius 2 is 1.40 bits per heavy atom. The normalized spacial score (nSPS) is 13.5. The molecule has 8 heteroatoms. The Balaban J connectivity index is 2.31. The van der Waals surface area contributed by atoms with Gasteiger partial charge in [0.15, 0.2) is 5.11 Å². The van der Waals surface area contributed by atoms with E-state index in [2.05, 4.69) is 5.32 Å². The Bertz CT molecular complexity index is 1040. The van der Waals surface area contributed by atoms with Gasteiger partial charge in [-0.1, -0.05) is 42.5 Å². The molecule has 0 saturated carbocycles. The molecule has 0 aromatic heterocycles. The fourth-order valence-corrected chi connectivity index (χ4v) is 3.58. The summed E-state index contributed by atoms with van der Waals surface area (Å²) in [6.07, 6.45) is -4.68. The number of alkyl halides is 3. The van der Waals surface area contributed by atoms with Crippen molar-refractivity contribution in [3.05, 3.63) is 107 Å². The summed E-state index contributed by atoms with van der Waals surface area (Å²) in [5, 5.41) is 2.65. The monoisotopic (exact) mass is 436 g/mol. The van der Waals surface area contributed by atoms with Crippen LogP contribution in [0.3, 0.4) is 0 Å². The van der Waals surface area contributed by atoms with E-state index in [1.165, 1.54) is 24.3 Å². The van der Waals surface area contributed by atoms with Gasteiger partial charge < -0.3 is 11.1 Å². The number of hydrogen-bond donors (Lipinski definition) is 2. The summed E-state index contributed by atoms with van der Waals surface area (Å²) in [5.74, 6) is -1.60. The van der Waals surface area contributed by atoms with Crippen molar-refractivity contribution in [3.63, 3.8) is 0 Å². The summed E-state index contributed by atoms with van der Waals surface area (Å²) in [5.41, 5.74) is 4.16. The number of hydrogen-bond acceptors (Lipinski definition) is 1. The molecule has 3 aromatic carbocycles. The number of rotatable bonds is 5. The Morgan fingerprint density at radius 3 is 1.97 bits per heavy atom. The molecule has 1 unspecified atom stereocenters. The molecule has 0 aliphatic carbocycles. The minimum Gasteiger partial charge on any atom is -0.376 e. The molecular formula is C22H17F5N2S. The van der Waals surface area contributed by atoms with Crippen LogP contribution in [0.2, 0.25) is 0 Å². The van der Waals surface area contributed by atoms with Crippen LogP contribution in [-0.4, -0.2) is 5.11 Å². The lowest BCUT2D eigenvalue weighted by atomic mass is 9.77. The lowest BCUT2D eigenvalue weighted by molar-refractivity contribution is -0.137. The highest BCUT2D eigenvalue weighted by Gasteiger charge is 2.39. The van der Waals surface area contributed by atoms with Gasteiger partial charge in [0.2, 0.25) is 0 Å². The van der Waals surface area contributed by atoms with Crippen molar-refractivity contribution in [3.8, 4) is 0 Å². The van der Waals surface area contributed by atoms with Crippen molar-refractivity contribution >= 4 is 17.3 Å². The van der Waals surface area contributed by atoms with Crippen molar-refractivity contribution in [1.29, 1.82) is 0 Å². The standard InChI is InChI=1S/C22H17F5N2S/c23-18-8-6-15(7-9-18)21(29-20(28)30,13-14-4-2-1-3-5-14)16-10-17(22(25,26)27)12-19(24)11-16/h1-12H,13H2,(H3,28,29,30). The maximum atomic E-state index is 14.3. The van der Waals surface area contributed by atoms with Gasteiger partial charge in [-0.05, 0) is 59.2 Å². The summed E-state index contributed by atoms with van der Waals surface area (Å²) in [6.45, 7) is 0. The number of nitrogens with one attached hydrogen (secondary N) is 1. The van der Waals surface area contributed by atoms with Crippen molar-refractivity contribution in [1.82, 2.24) is 5.32 Å². The summed E-state index contributed by atoms with van der Waals surface area (Å²) < 4.78 is 68.0. The molecule has 0 radical (unpaired) electrons. The fourth-order valence-electron chi connectivity index (χ4n) is 3.41. The van der Waals surface area contributed by atoms with Gasteiger partial charge in [-0.2, -0.15) is 13.2 Å². The molecule has 2 nitrogen and oxygen atoms in total. The molecule has 0 spiro atoms. The second kappa shape index (κ2) is 8.39. The summed E-state index contributed by atoms with van der Waals surface area (Å²) in [7, 11) is 0. The number of nitrogens with two attached hydrogens (primary N) is 1. The van der Waals surface area contributed by atoms with Crippen LogP contribution in [0.15, 0.2) is 72.8 Å². The molecule has 3 N–H and O–H groups in total. The van der Waals surface area contributed by atoms with E-state index >= 15 is 0 Å². The van der Waals surface area contributed by atoms with Gasteiger partial charge in [0, 0.05) is 6.42 Å². The molecule has 0 aliphatic rings. The highest BCUT2D eigenvalue weighted by atomic mass is 32.1. The molecule has 30 heavy (non-hydrogen) atoms. The van der Waals surface area contributed by atoms with E-state index in [-0.39, 0.29) is 17.1 Å². The van der Waals surface area contributed by atoms with Gasteiger partial charge in [-0.25, -0.2) is 8.78 Å². The molecule has 3 aromatic rings. The van der Waals surface area contributed by atoms with E-state index in [0.29, 0.717) is 11.6 Å². The predicted octanol–water partition coefficient (Wildman–Crippen LogP) is 5.30. The average Bonchev–Trinajstić information content (AvgIpc) is 2.67. The molecule has 0 heterocycles. The largest absolute Gasteiger partial charge is 0.416 e. The van der Waals surface area contributed by atoms with Crippen LogP contribution < -0.4 is 11.1 Å². The summed E-state index contributed by atoms with van der Waals surface area (Å²) in [4.78, 5) is 0. The van der Waals surface area contributed by atoms with Crippen molar-refractivity contribution in [2.45, 2.75) is 18.1 Å². The SMILES string of the molecule is NC(=S)NC(Cc1ccccc1)(c1ccc(F)cc1)c1cc(F)cc(C(F)(F)F)c1. The predicted molar refractivity (Wildman–Crippen MR) is 109 cm³/mol. The zero-order chi connectivity index (χ0) is 21.9. The van der Waals surface area contributed by atoms with Crippen molar-refractivity contribution in [2.75, 3.05) is 0 Å². The lowest BCUT2D eigenvalue weighted by Crippen LogP contribution is -2.50. The van der Waals surface area contributed by atoms with Crippen LogP contribution in [0, 0.1) is 11.6 Å².